The van der Waals surface area contributed by atoms with Crippen LogP contribution in [-0.2, 0) is 16.5 Å². The zero-order chi connectivity index (χ0) is 14.9. The van der Waals surface area contributed by atoms with Gasteiger partial charge in [-0.2, -0.15) is 0 Å². The molecule has 2 aromatic rings. The summed E-state index contributed by atoms with van der Waals surface area (Å²) in [4.78, 5) is 0.780. The van der Waals surface area contributed by atoms with Crippen molar-refractivity contribution in [3.05, 3.63) is 38.0 Å². The molecule has 1 aromatic carbocycles. The molecule has 9 heteroatoms. The molecule has 0 spiro atoms. The molecule has 2 rings (SSSR count). The fourth-order valence-electron chi connectivity index (χ4n) is 1.77. The van der Waals surface area contributed by atoms with E-state index in [4.69, 9.17) is 17.0 Å². The van der Waals surface area contributed by atoms with E-state index in [2.05, 4.69) is 0 Å². The second kappa shape index (κ2) is 7.65. The van der Waals surface area contributed by atoms with Crippen LogP contribution >= 0.6 is 32.9 Å². The molecule has 0 aliphatic heterocycles. The predicted molar refractivity (Wildman–Crippen MR) is 81.5 cm³/mol. The molecule has 1 aromatic heterocycles. The third-order valence-electron chi connectivity index (χ3n) is 2.79. The fourth-order valence-corrected chi connectivity index (χ4v) is 5.13. The summed E-state index contributed by atoms with van der Waals surface area (Å²) < 4.78 is 39.5. The first-order valence-corrected chi connectivity index (χ1v) is 9.51. The Morgan fingerprint density at radius 1 is 1.33 bits per heavy atom. The molecule has 0 bridgehead atoms. The van der Waals surface area contributed by atoms with Crippen LogP contribution in [0.15, 0.2) is 23.1 Å². The Morgan fingerprint density at radius 3 is 2.48 bits per heavy atom. The zero-order valence-electron chi connectivity index (χ0n) is 11.7. The van der Waals surface area contributed by atoms with E-state index in [1.54, 1.807) is 16.4 Å². The van der Waals surface area contributed by atoms with Gasteiger partial charge in [-0.05, 0) is 30.2 Å². The quantitative estimate of drug-likeness (QED) is 0.336. The number of rotatable bonds is 4. The number of benzene rings is 1. The summed E-state index contributed by atoms with van der Waals surface area (Å²) in [5.74, 6) is 0.0622. The first-order chi connectivity index (χ1) is 9.32. The largest absolute Gasteiger partial charge is 1.00 e. The van der Waals surface area contributed by atoms with Crippen LogP contribution in [0.1, 0.15) is 16.0 Å². The SMILES string of the molecule is COc1ccc(Cc2c(C)ssc2=S)cc1S(=O)(=O)[O-].[Na+]. The molecule has 0 N–H and O–H groups in total. The van der Waals surface area contributed by atoms with Crippen LogP contribution in [0.4, 0.5) is 0 Å². The molecular weight excluding hydrogens is 359 g/mol. The number of aryl methyl sites for hydroxylation is 1. The van der Waals surface area contributed by atoms with Crippen LogP contribution in [-0.4, -0.2) is 20.1 Å². The Hall–Kier alpha value is 0.200. The van der Waals surface area contributed by atoms with Gasteiger partial charge in [0, 0.05) is 11.3 Å². The van der Waals surface area contributed by atoms with Gasteiger partial charge in [0.15, 0.2) is 0 Å². The molecule has 0 aliphatic carbocycles. The van der Waals surface area contributed by atoms with E-state index in [1.165, 1.54) is 29.6 Å². The number of ether oxygens (including phenoxy) is 1. The minimum atomic E-state index is -4.56. The predicted octanol–water partition coefficient (Wildman–Crippen LogP) is 0.355. The normalized spacial score (nSPS) is 11.0. The van der Waals surface area contributed by atoms with Crippen LogP contribution in [0.25, 0.3) is 0 Å². The molecule has 108 valence electrons. The molecule has 4 nitrogen and oxygen atoms in total. The van der Waals surface area contributed by atoms with E-state index in [0.717, 1.165) is 19.8 Å². The van der Waals surface area contributed by atoms with Crippen molar-refractivity contribution in [3.63, 3.8) is 0 Å². The smallest absolute Gasteiger partial charge is 0.744 e. The Labute approximate surface area is 158 Å². The van der Waals surface area contributed by atoms with Crippen molar-refractivity contribution in [2.45, 2.75) is 18.2 Å². The summed E-state index contributed by atoms with van der Waals surface area (Å²) >= 11 is 5.25. The average Bonchev–Trinajstić information content (AvgIpc) is 2.69. The van der Waals surface area contributed by atoms with Crippen molar-refractivity contribution in [2.24, 2.45) is 0 Å². The summed E-state index contributed by atoms with van der Waals surface area (Å²) in [6.07, 6.45) is 0.511. The number of hydrogen-bond acceptors (Lipinski definition) is 7. The molecule has 1 heterocycles. The van der Waals surface area contributed by atoms with Gasteiger partial charge in [0.1, 0.15) is 19.7 Å². The summed E-state index contributed by atoms with van der Waals surface area (Å²) in [5.41, 5.74) is 1.73. The summed E-state index contributed by atoms with van der Waals surface area (Å²) in [6, 6.07) is 4.59. The van der Waals surface area contributed by atoms with E-state index < -0.39 is 10.1 Å². The van der Waals surface area contributed by atoms with Crippen molar-refractivity contribution in [3.8, 4) is 5.75 Å². The topological polar surface area (TPSA) is 66.4 Å². The molecular formula is C12H11NaO4S4. The summed E-state index contributed by atoms with van der Waals surface area (Å²) in [5, 5.41) is 0. The van der Waals surface area contributed by atoms with E-state index in [-0.39, 0.29) is 40.2 Å². The zero-order valence-corrected chi connectivity index (χ0v) is 17.0. The van der Waals surface area contributed by atoms with Gasteiger partial charge < -0.3 is 9.29 Å². The Kier molecular flexibility index (Phi) is 7.01. The van der Waals surface area contributed by atoms with Gasteiger partial charge >= 0.3 is 29.6 Å². The van der Waals surface area contributed by atoms with Crippen molar-refractivity contribution >= 4 is 43.0 Å². The van der Waals surface area contributed by atoms with Crippen LogP contribution in [0.3, 0.4) is 0 Å². The van der Waals surface area contributed by atoms with E-state index >= 15 is 0 Å². The first kappa shape index (κ1) is 19.2. The van der Waals surface area contributed by atoms with Crippen LogP contribution in [0.2, 0.25) is 0 Å². The molecule has 0 fully saturated rings. The van der Waals surface area contributed by atoms with Gasteiger partial charge in [-0.15, -0.1) is 0 Å². The van der Waals surface area contributed by atoms with E-state index in [9.17, 15) is 13.0 Å². The van der Waals surface area contributed by atoms with Gasteiger partial charge in [-0.1, -0.05) is 39.0 Å². The van der Waals surface area contributed by atoms with Crippen molar-refractivity contribution in [1.82, 2.24) is 0 Å². The average molecular weight is 370 g/mol. The molecule has 0 saturated heterocycles. The fraction of sp³-hybridized carbons (Fsp3) is 0.250. The standard InChI is InChI=1S/C12H12O4S4.Na/c1-7-9(12(17)19-18-7)5-8-3-4-10(16-2)11(6-8)20(13,14)15;/h3-4,6H,5H2,1-2H3,(H,13,14,15);/q;+1/p-1. The van der Waals surface area contributed by atoms with Crippen LogP contribution in [0.5, 0.6) is 5.75 Å². The second-order valence-electron chi connectivity index (χ2n) is 4.10. The van der Waals surface area contributed by atoms with Gasteiger partial charge in [0.25, 0.3) is 0 Å². The number of hydrogen-bond donors (Lipinski definition) is 0. The minimum Gasteiger partial charge on any atom is -0.744 e. The minimum absolute atomic E-state index is 0. The van der Waals surface area contributed by atoms with Crippen LogP contribution < -0.4 is 34.3 Å². The molecule has 0 aliphatic rings. The molecule has 0 saturated carbocycles. The van der Waals surface area contributed by atoms with Crippen molar-refractivity contribution in [2.75, 3.05) is 7.11 Å². The molecule has 21 heavy (non-hydrogen) atoms. The third-order valence-corrected chi connectivity index (χ3v) is 6.94. The van der Waals surface area contributed by atoms with Gasteiger partial charge in [-0.25, -0.2) is 8.42 Å². The van der Waals surface area contributed by atoms with E-state index in [1.807, 2.05) is 6.92 Å². The molecule has 0 radical (unpaired) electrons. The first-order valence-electron chi connectivity index (χ1n) is 5.54. The summed E-state index contributed by atoms with van der Waals surface area (Å²) in [7, 11) is -0.114. The van der Waals surface area contributed by atoms with E-state index in [0.29, 0.717) is 6.42 Å². The maximum absolute atomic E-state index is 11.2. The molecule has 0 atom stereocenters. The maximum Gasteiger partial charge on any atom is 1.00 e. The van der Waals surface area contributed by atoms with Gasteiger partial charge in [-0.3, -0.25) is 0 Å². The Morgan fingerprint density at radius 2 is 2.00 bits per heavy atom. The third kappa shape index (κ3) is 4.59. The Balaban J connectivity index is 0.00000220. The number of methoxy groups -OCH3 is 1. The van der Waals surface area contributed by atoms with Crippen LogP contribution in [0, 0.1) is 10.7 Å². The van der Waals surface area contributed by atoms with Gasteiger partial charge in [0.2, 0.25) is 0 Å². The summed E-state index contributed by atoms with van der Waals surface area (Å²) in [6.45, 7) is 1.97. The monoisotopic (exact) mass is 370 g/mol. The van der Waals surface area contributed by atoms with Crippen molar-refractivity contribution in [1.29, 1.82) is 0 Å². The van der Waals surface area contributed by atoms with Crippen molar-refractivity contribution < 1.29 is 47.3 Å². The molecule has 0 unspecified atom stereocenters. The maximum atomic E-state index is 11.2. The second-order valence-corrected chi connectivity index (χ2v) is 8.47. The molecule has 0 amide bonds. The Bertz CT molecular complexity index is 792. The van der Waals surface area contributed by atoms with Gasteiger partial charge in [0.05, 0.1) is 12.0 Å².